The Kier molecular flexibility index (Phi) is 11.7. The Labute approximate surface area is 207 Å². The Morgan fingerprint density at radius 1 is 0.500 bits per heavy atom. The Balaban J connectivity index is 0.000000618. The summed E-state index contributed by atoms with van der Waals surface area (Å²) in [5, 5.41) is 0. The van der Waals surface area contributed by atoms with E-state index in [1.54, 1.807) is 0 Å². The molecule has 4 rings (SSSR count). The van der Waals surface area contributed by atoms with Gasteiger partial charge in [0, 0.05) is 5.69 Å². The van der Waals surface area contributed by atoms with Gasteiger partial charge in [-0.3, -0.25) is 0 Å². The smallest absolute Gasteiger partial charge is 0.0320 e. The van der Waals surface area contributed by atoms with E-state index in [-0.39, 0.29) is 0 Å². The van der Waals surface area contributed by atoms with Gasteiger partial charge in [0.25, 0.3) is 0 Å². The molecule has 4 aromatic rings. The second-order valence-electron chi connectivity index (χ2n) is 8.17. The largest absolute Gasteiger partial charge is 0.399 e. The molecule has 34 heavy (non-hydrogen) atoms. The van der Waals surface area contributed by atoms with Crippen molar-refractivity contribution in [3.8, 4) is 33.4 Å². The maximum absolute atomic E-state index is 6.16. The number of aryl methyl sites for hydroxylation is 1. The van der Waals surface area contributed by atoms with E-state index in [0.29, 0.717) is 0 Å². The Morgan fingerprint density at radius 3 is 1.44 bits per heavy atom. The first-order valence-corrected chi connectivity index (χ1v) is 12.8. The molecule has 0 aliphatic rings. The Bertz CT molecular complexity index is 1100. The zero-order chi connectivity index (χ0) is 24.8. The van der Waals surface area contributed by atoms with Crippen LogP contribution in [-0.4, -0.2) is 0 Å². The van der Waals surface area contributed by atoms with Gasteiger partial charge in [-0.2, -0.15) is 0 Å². The lowest BCUT2D eigenvalue weighted by Gasteiger charge is -2.17. The van der Waals surface area contributed by atoms with Crippen LogP contribution in [0.25, 0.3) is 33.4 Å². The molecule has 2 N–H and O–H groups in total. The van der Waals surface area contributed by atoms with Crippen molar-refractivity contribution in [3.05, 3.63) is 103 Å². The summed E-state index contributed by atoms with van der Waals surface area (Å²) in [6.45, 7) is 10.6. The number of hydrogen-bond acceptors (Lipinski definition) is 1. The average molecular weight is 452 g/mol. The zero-order valence-corrected chi connectivity index (χ0v) is 21.6. The lowest BCUT2D eigenvalue weighted by Crippen LogP contribution is -1.94. The zero-order valence-electron chi connectivity index (χ0n) is 21.6. The highest BCUT2D eigenvalue weighted by Gasteiger charge is 2.13. The minimum absolute atomic E-state index is 0.784. The van der Waals surface area contributed by atoms with Crippen LogP contribution >= 0.6 is 0 Å². The Hall–Kier alpha value is -3.32. The van der Waals surface area contributed by atoms with E-state index in [2.05, 4.69) is 106 Å². The van der Waals surface area contributed by atoms with Gasteiger partial charge in [-0.05, 0) is 57.5 Å². The topological polar surface area (TPSA) is 26.0 Å². The van der Waals surface area contributed by atoms with Crippen molar-refractivity contribution in [2.45, 2.75) is 60.3 Å². The van der Waals surface area contributed by atoms with E-state index < -0.39 is 0 Å². The minimum Gasteiger partial charge on any atom is -0.399 e. The second kappa shape index (κ2) is 14.8. The molecular formula is C33H41N. The fourth-order valence-electron chi connectivity index (χ4n) is 3.78. The van der Waals surface area contributed by atoms with Crippen LogP contribution in [0.15, 0.2) is 97.1 Å². The maximum Gasteiger partial charge on any atom is 0.0320 e. The molecule has 0 bridgehead atoms. The molecule has 0 heterocycles. The average Bonchev–Trinajstić information content (AvgIpc) is 2.91. The van der Waals surface area contributed by atoms with Crippen LogP contribution in [0.5, 0.6) is 0 Å². The molecule has 0 aliphatic carbocycles. The molecule has 0 saturated carbocycles. The molecule has 0 saturated heterocycles. The molecule has 0 fully saturated rings. The summed E-state index contributed by atoms with van der Waals surface area (Å²) in [6, 6.07) is 34.2. The molecule has 1 nitrogen and oxygen atoms in total. The van der Waals surface area contributed by atoms with Crippen LogP contribution in [0.2, 0.25) is 0 Å². The normalized spacial score (nSPS) is 9.91. The van der Waals surface area contributed by atoms with Gasteiger partial charge < -0.3 is 5.73 Å². The number of rotatable bonds is 6. The van der Waals surface area contributed by atoms with E-state index in [1.165, 1.54) is 51.8 Å². The maximum atomic E-state index is 6.16. The van der Waals surface area contributed by atoms with Crippen molar-refractivity contribution < 1.29 is 0 Å². The van der Waals surface area contributed by atoms with E-state index in [4.69, 9.17) is 5.73 Å². The first-order chi connectivity index (χ1) is 16.7. The number of nitrogens with two attached hydrogens (primary N) is 1. The van der Waals surface area contributed by atoms with Gasteiger partial charge in [-0.1, -0.05) is 139 Å². The van der Waals surface area contributed by atoms with Crippen LogP contribution in [0.1, 0.15) is 59.4 Å². The molecule has 0 aromatic heterocycles. The van der Waals surface area contributed by atoms with Gasteiger partial charge in [0.15, 0.2) is 0 Å². The molecular weight excluding hydrogens is 410 g/mol. The lowest BCUT2D eigenvalue weighted by atomic mass is 9.87. The summed E-state index contributed by atoms with van der Waals surface area (Å²) in [7, 11) is 0. The van der Waals surface area contributed by atoms with Crippen molar-refractivity contribution in [2.75, 3.05) is 5.73 Å². The van der Waals surface area contributed by atoms with Gasteiger partial charge >= 0.3 is 0 Å². The molecule has 1 heteroatoms. The molecule has 0 atom stereocenters. The number of anilines is 1. The van der Waals surface area contributed by atoms with Gasteiger partial charge in [-0.15, -0.1) is 0 Å². The van der Waals surface area contributed by atoms with Crippen LogP contribution in [0.4, 0.5) is 5.69 Å². The van der Waals surface area contributed by atoms with Gasteiger partial charge in [0.2, 0.25) is 0 Å². The summed E-state index contributed by atoms with van der Waals surface area (Å²) in [6.07, 6.45) is 4.87. The van der Waals surface area contributed by atoms with Gasteiger partial charge in [0.1, 0.15) is 0 Å². The van der Waals surface area contributed by atoms with E-state index >= 15 is 0 Å². The number of unbranched alkanes of at least 4 members (excludes halogenated alkanes) is 1. The monoisotopic (exact) mass is 451 g/mol. The molecule has 0 radical (unpaired) electrons. The van der Waals surface area contributed by atoms with Crippen molar-refractivity contribution in [1.29, 1.82) is 0 Å². The SMILES string of the molecule is CC.CCCC.CCCc1ccc(-c2ccc(N)cc2-c2ccccc2)c(-c2ccccc2)c1. The van der Waals surface area contributed by atoms with E-state index in [9.17, 15) is 0 Å². The summed E-state index contributed by atoms with van der Waals surface area (Å²) in [5.74, 6) is 0. The highest BCUT2D eigenvalue weighted by Crippen LogP contribution is 2.39. The van der Waals surface area contributed by atoms with Crippen molar-refractivity contribution in [2.24, 2.45) is 0 Å². The van der Waals surface area contributed by atoms with Crippen molar-refractivity contribution in [3.63, 3.8) is 0 Å². The predicted octanol–water partition coefficient (Wildman–Crippen LogP) is 10.1. The third kappa shape index (κ3) is 7.35. The second-order valence-corrected chi connectivity index (χ2v) is 8.17. The molecule has 0 unspecified atom stereocenters. The fourth-order valence-corrected chi connectivity index (χ4v) is 3.78. The third-order valence-corrected chi connectivity index (χ3v) is 5.63. The molecule has 4 aromatic carbocycles. The lowest BCUT2D eigenvalue weighted by molar-refractivity contribution is 0.886. The van der Waals surface area contributed by atoms with Crippen LogP contribution in [-0.2, 0) is 6.42 Å². The summed E-state index contributed by atoms with van der Waals surface area (Å²) in [4.78, 5) is 0. The summed E-state index contributed by atoms with van der Waals surface area (Å²) < 4.78 is 0. The highest BCUT2D eigenvalue weighted by atomic mass is 14.5. The first-order valence-electron chi connectivity index (χ1n) is 12.8. The quantitative estimate of drug-likeness (QED) is 0.290. The summed E-state index contributed by atoms with van der Waals surface area (Å²) >= 11 is 0. The number of hydrogen-bond donors (Lipinski definition) is 1. The van der Waals surface area contributed by atoms with Crippen LogP contribution in [0, 0.1) is 0 Å². The predicted molar refractivity (Wildman–Crippen MR) is 153 cm³/mol. The number of benzene rings is 4. The fraction of sp³-hybridized carbons (Fsp3) is 0.273. The molecule has 0 spiro atoms. The van der Waals surface area contributed by atoms with Gasteiger partial charge in [-0.25, -0.2) is 0 Å². The van der Waals surface area contributed by atoms with Crippen molar-refractivity contribution >= 4 is 5.69 Å². The third-order valence-electron chi connectivity index (χ3n) is 5.63. The standard InChI is InChI=1S/C27H25N.C4H10.C2H6/c1-2-9-20-14-16-24(26(18-20)21-10-5-3-6-11-21)25-17-15-23(28)19-27(25)22-12-7-4-8-13-22;1-3-4-2;1-2/h3-8,10-19H,2,9,28H2,1H3;3-4H2,1-2H3;1-2H3. The summed E-state index contributed by atoms with van der Waals surface area (Å²) in [5.41, 5.74) is 15.6. The first kappa shape index (κ1) is 26.9. The molecule has 0 amide bonds. The van der Waals surface area contributed by atoms with Crippen molar-refractivity contribution in [1.82, 2.24) is 0 Å². The Morgan fingerprint density at radius 2 is 0.971 bits per heavy atom. The number of nitrogen functional groups attached to an aromatic ring is 1. The highest BCUT2D eigenvalue weighted by molar-refractivity contribution is 5.92. The van der Waals surface area contributed by atoms with Gasteiger partial charge in [0.05, 0.1) is 0 Å². The van der Waals surface area contributed by atoms with E-state index in [0.717, 1.165) is 18.5 Å². The molecule has 178 valence electrons. The van der Waals surface area contributed by atoms with Crippen LogP contribution in [0.3, 0.4) is 0 Å². The minimum atomic E-state index is 0.784. The van der Waals surface area contributed by atoms with Crippen LogP contribution < -0.4 is 5.73 Å². The molecule has 0 aliphatic heterocycles. The van der Waals surface area contributed by atoms with E-state index in [1.807, 2.05) is 26.0 Å².